The Morgan fingerprint density at radius 1 is 1.20 bits per heavy atom. The zero-order valence-corrected chi connectivity index (χ0v) is 21.3. The highest BCUT2D eigenvalue weighted by atomic mass is 35.5. The fourth-order valence-corrected chi connectivity index (χ4v) is 5.97. The van der Waals surface area contributed by atoms with Crippen LogP contribution in [0.4, 0.5) is 5.82 Å². The molecule has 0 amide bonds. The molecule has 2 heterocycles. The van der Waals surface area contributed by atoms with E-state index in [0.29, 0.717) is 38.4 Å². The molecule has 5 rings (SSSR count). The second-order valence-corrected chi connectivity index (χ2v) is 10.4. The Kier molecular flexibility index (Phi) is 6.34. The number of aliphatic hydroxyl groups excluding tert-OH is 1. The van der Waals surface area contributed by atoms with Crippen LogP contribution in [0.25, 0.3) is 11.3 Å². The van der Waals surface area contributed by atoms with Crippen LogP contribution in [0.15, 0.2) is 36.4 Å². The molecule has 2 aliphatic rings. The number of aliphatic hydroxyl groups is 1. The van der Waals surface area contributed by atoms with Crippen LogP contribution in [0.1, 0.15) is 58.7 Å². The number of aryl methyl sites for hydroxylation is 1. The number of hydrogen-bond donors (Lipinski definition) is 2. The lowest BCUT2D eigenvalue weighted by molar-refractivity contribution is 0.101. The molecule has 1 atom stereocenters. The van der Waals surface area contributed by atoms with Gasteiger partial charge in [-0.1, -0.05) is 47.5 Å². The van der Waals surface area contributed by atoms with Crippen molar-refractivity contribution in [3.63, 3.8) is 0 Å². The van der Waals surface area contributed by atoms with E-state index >= 15 is 0 Å². The number of ketones is 1. The maximum atomic E-state index is 11.9. The number of halogens is 2. The van der Waals surface area contributed by atoms with Gasteiger partial charge in [0.15, 0.2) is 11.6 Å². The smallest absolute Gasteiger partial charge is 0.159 e. The van der Waals surface area contributed by atoms with Crippen LogP contribution in [-0.2, 0) is 13.0 Å². The van der Waals surface area contributed by atoms with E-state index in [1.807, 2.05) is 31.2 Å². The van der Waals surface area contributed by atoms with Crippen LogP contribution in [-0.4, -0.2) is 33.9 Å². The molecule has 1 spiro atoms. The summed E-state index contributed by atoms with van der Waals surface area (Å²) >= 11 is 12.6. The molecule has 0 saturated carbocycles. The Labute approximate surface area is 215 Å². The summed E-state index contributed by atoms with van der Waals surface area (Å²) in [7, 11) is 0. The Morgan fingerprint density at radius 2 is 1.94 bits per heavy atom. The van der Waals surface area contributed by atoms with Crippen molar-refractivity contribution in [2.75, 3.05) is 18.0 Å². The second kappa shape index (κ2) is 9.17. The maximum absolute atomic E-state index is 11.9. The molecular weight excluding hydrogens is 483 g/mol. The summed E-state index contributed by atoms with van der Waals surface area (Å²) in [4.78, 5) is 23.7. The molecular formula is C27H28Cl2N4O2. The molecule has 0 radical (unpaired) electrons. The van der Waals surface area contributed by atoms with Crippen LogP contribution < -0.4 is 10.6 Å². The summed E-state index contributed by atoms with van der Waals surface area (Å²) in [6, 6.07) is 11.2. The largest absolute Gasteiger partial charge is 0.390 e. The molecule has 3 N–H and O–H groups in total. The zero-order valence-electron chi connectivity index (χ0n) is 19.8. The van der Waals surface area contributed by atoms with E-state index in [2.05, 4.69) is 11.0 Å². The third-order valence-corrected chi connectivity index (χ3v) is 8.45. The predicted octanol–water partition coefficient (Wildman–Crippen LogP) is 5.30. The standard InChI is InChI=1S/C27H28Cl2N4O2/c1-15-24(19-4-3-5-21(28)23(19)29)32-22(14-34)26(31-15)33-10-8-27(9-11-33)13-18-7-6-17(16(2)35)12-20(18)25(27)30/h3-7,12,25,34H,8-11,13-14,30H2,1-2H3/t25-/m1/s1. The van der Waals surface area contributed by atoms with E-state index in [1.165, 1.54) is 5.56 Å². The number of nitrogens with zero attached hydrogens (tertiary/aromatic N) is 3. The third kappa shape index (κ3) is 4.12. The maximum Gasteiger partial charge on any atom is 0.159 e. The number of benzene rings is 2. The molecule has 0 bridgehead atoms. The predicted molar refractivity (Wildman–Crippen MR) is 139 cm³/mol. The summed E-state index contributed by atoms with van der Waals surface area (Å²) < 4.78 is 0. The third-order valence-electron chi connectivity index (χ3n) is 7.63. The van der Waals surface area contributed by atoms with Crippen LogP contribution in [0.3, 0.4) is 0 Å². The van der Waals surface area contributed by atoms with E-state index in [0.717, 1.165) is 43.6 Å². The van der Waals surface area contributed by atoms with Gasteiger partial charge in [-0.15, -0.1) is 0 Å². The van der Waals surface area contributed by atoms with Crippen LogP contribution >= 0.6 is 23.2 Å². The van der Waals surface area contributed by atoms with Gasteiger partial charge < -0.3 is 15.7 Å². The van der Waals surface area contributed by atoms with Gasteiger partial charge in [-0.25, -0.2) is 9.97 Å². The van der Waals surface area contributed by atoms with Crippen molar-refractivity contribution < 1.29 is 9.90 Å². The number of aromatic nitrogens is 2. The number of carbonyl (C=O) groups is 1. The Bertz CT molecular complexity index is 1320. The van der Waals surface area contributed by atoms with Gasteiger partial charge in [0, 0.05) is 30.3 Å². The highest BCUT2D eigenvalue weighted by molar-refractivity contribution is 6.43. The van der Waals surface area contributed by atoms with E-state index in [9.17, 15) is 9.90 Å². The Morgan fingerprint density at radius 3 is 2.63 bits per heavy atom. The lowest BCUT2D eigenvalue weighted by Crippen LogP contribution is -2.45. The minimum Gasteiger partial charge on any atom is -0.390 e. The average Bonchev–Trinajstić information content (AvgIpc) is 3.12. The van der Waals surface area contributed by atoms with Crippen LogP contribution in [0.5, 0.6) is 0 Å². The van der Waals surface area contributed by atoms with Crippen molar-refractivity contribution in [3.8, 4) is 11.3 Å². The molecule has 182 valence electrons. The number of anilines is 1. The highest BCUT2D eigenvalue weighted by Gasteiger charge is 2.46. The second-order valence-electron chi connectivity index (χ2n) is 9.66. The minimum absolute atomic E-state index is 0.0374. The fourth-order valence-electron chi connectivity index (χ4n) is 5.58. The van der Waals surface area contributed by atoms with E-state index < -0.39 is 0 Å². The van der Waals surface area contributed by atoms with Crippen LogP contribution in [0, 0.1) is 12.3 Å². The summed E-state index contributed by atoms with van der Waals surface area (Å²) in [5.74, 6) is 0.758. The van der Waals surface area contributed by atoms with Gasteiger partial charge in [0.05, 0.1) is 28.0 Å². The Hall–Kier alpha value is -2.51. The minimum atomic E-state index is -0.228. The van der Waals surface area contributed by atoms with E-state index in [1.54, 1.807) is 13.0 Å². The molecule has 6 nitrogen and oxygen atoms in total. The molecule has 2 aromatic carbocycles. The van der Waals surface area contributed by atoms with Crippen molar-refractivity contribution in [2.45, 2.75) is 45.8 Å². The first-order valence-corrected chi connectivity index (χ1v) is 12.6. The van der Waals surface area contributed by atoms with Gasteiger partial charge in [0.25, 0.3) is 0 Å². The van der Waals surface area contributed by atoms with Crippen molar-refractivity contribution in [3.05, 3.63) is 74.5 Å². The molecule has 1 saturated heterocycles. The summed E-state index contributed by atoms with van der Waals surface area (Å²) in [6.07, 6.45) is 2.71. The van der Waals surface area contributed by atoms with Gasteiger partial charge in [-0.05, 0) is 61.8 Å². The van der Waals surface area contributed by atoms with Gasteiger partial charge in [-0.3, -0.25) is 4.79 Å². The lowest BCUT2D eigenvalue weighted by Gasteiger charge is -2.43. The van der Waals surface area contributed by atoms with Crippen LogP contribution in [0.2, 0.25) is 10.0 Å². The van der Waals surface area contributed by atoms with E-state index in [4.69, 9.17) is 38.9 Å². The van der Waals surface area contributed by atoms with Crippen molar-refractivity contribution in [2.24, 2.45) is 11.1 Å². The monoisotopic (exact) mass is 510 g/mol. The lowest BCUT2D eigenvalue weighted by atomic mass is 9.73. The van der Waals surface area contributed by atoms with Gasteiger partial charge in [0.1, 0.15) is 5.69 Å². The summed E-state index contributed by atoms with van der Waals surface area (Å²) in [6.45, 7) is 4.78. The topological polar surface area (TPSA) is 92.3 Å². The number of rotatable bonds is 4. The number of Topliss-reactive ketones (excluding diaryl/α,β-unsaturated/α-hetero) is 1. The molecule has 1 fully saturated rings. The number of hydrogen-bond acceptors (Lipinski definition) is 6. The SMILES string of the molecule is CC(=O)c1ccc2c(c1)[C@@H](N)C1(CCN(c3nc(C)c(-c4cccc(Cl)c4Cl)nc3CO)CC1)C2. The number of fused-ring (bicyclic) bond motifs is 1. The molecule has 1 aliphatic carbocycles. The highest BCUT2D eigenvalue weighted by Crippen LogP contribution is 2.51. The number of piperidine rings is 1. The Balaban J connectivity index is 1.40. The van der Waals surface area contributed by atoms with Gasteiger partial charge >= 0.3 is 0 Å². The van der Waals surface area contributed by atoms with Gasteiger partial charge in [-0.2, -0.15) is 0 Å². The normalized spacial score (nSPS) is 18.7. The van der Waals surface area contributed by atoms with Gasteiger partial charge in [0.2, 0.25) is 0 Å². The quantitative estimate of drug-likeness (QED) is 0.462. The zero-order chi connectivity index (χ0) is 24.9. The molecule has 3 aromatic rings. The number of nitrogens with two attached hydrogens (primary N) is 1. The molecule has 1 aromatic heterocycles. The fraction of sp³-hybridized carbons (Fsp3) is 0.370. The molecule has 0 unspecified atom stereocenters. The molecule has 35 heavy (non-hydrogen) atoms. The van der Waals surface area contributed by atoms with E-state index in [-0.39, 0.29) is 23.8 Å². The first-order chi connectivity index (χ1) is 16.7. The first kappa shape index (κ1) is 24.2. The van der Waals surface area contributed by atoms with Crippen molar-refractivity contribution in [1.29, 1.82) is 0 Å². The summed E-state index contributed by atoms with van der Waals surface area (Å²) in [5, 5.41) is 11.0. The first-order valence-electron chi connectivity index (χ1n) is 11.8. The average molecular weight is 511 g/mol. The molecule has 1 aliphatic heterocycles. The van der Waals surface area contributed by atoms with Crippen molar-refractivity contribution >= 4 is 34.8 Å². The number of carbonyl (C=O) groups excluding carboxylic acids is 1. The van der Waals surface area contributed by atoms with Crippen molar-refractivity contribution in [1.82, 2.24) is 9.97 Å². The summed E-state index contributed by atoms with van der Waals surface area (Å²) in [5.41, 5.74) is 12.4. The molecule has 8 heteroatoms.